The first-order valence-electron chi connectivity index (χ1n) is 6.22. The van der Waals surface area contributed by atoms with Crippen molar-refractivity contribution in [1.29, 1.82) is 0 Å². The molecule has 2 heterocycles. The zero-order valence-corrected chi connectivity index (χ0v) is 10.5. The molecule has 0 aliphatic carbocycles. The topological polar surface area (TPSA) is 46.1 Å². The Morgan fingerprint density at radius 2 is 1.94 bits per heavy atom. The minimum Gasteiger partial charge on any atom is -0.301 e. The van der Waals surface area contributed by atoms with Crippen LogP contribution in [0.15, 0.2) is 6.07 Å². The predicted octanol–water partition coefficient (Wildman–Crippen LogP) is 1.82. The number of aromatic nitrogens is 2. The van der Waals surface area contributed by atoms with Crippen molar-refractivity contribution in [1.82, 2.24) is 14.9 Å². The second kappa shape index (κ2) is 5.36. The normalized spacial score (nSPS) is 18.9. The zero-order chi connectivity index (χ0) is 12.3. The van der Waals surface area contributed by atoms with E-state index in [0.717, 1.165) is 36.6 Å². The molecular formula is C13H19N3O. The van der Waals surface area contributed by atoms with Crippen molar-refractivity contribution in [3.05, 3.63) is 23.3 Å². The van der Waals surface area contributed by atoms with Crippen LogP contribution >= 0.6 is 0 Å². The van der Waals surface area contributed by atoms with Gasteiger partial charge < -0.3 is 4.79 Å². The van der Waals surface area contributed by atoms with Crippen molar-refractivity contribution in [2.45, 2.75) is 39.2 Å². The van der Waals surface area contributed by atoms with Crippen LogP contribution in [0.4, 0.5) is 0 Å². The highest BCUT2D eigenvalue weighted by atomic mass is 16.1. The lowest BCUT2D eigenvalue weighted by Gasteiger charge is -2.31. The summed E-state index contributed by atoms with van der Waals surface area (Å²) in [6.45, 7) is 5.79. The predicted molar refractivity (Wildman–Crippen MR) is 65.7 cm³/mol. The first-order chi connectivity index (χ1) is 8.20. The maximum Gasteiger partial charge on any atom is 0.143 e. The van der Waals surface area contributed by atoms with E-state index >= 15 is 0 Å². The van der Waals surface area contributed by atoms with Crippen LogP contribution in [0.5, 0.6) is 0 Å². The summed E-state index contributed by atoms with van der Waals surface area (Å²) in [5, 5.41) is 0. The largest absolute Gasteiger partial charge is 0.301 e. The second-order valence-electron chi connectivity index (χ2n) is 4.66. The fourth-order valence-corrected chi connectivity index (χ4v) is 2.44. The summed E-state index contributed by atoms with van der Waals surface area (Å²) in [5.41, 5.74) is 1.77. The first kappa shape index (κ1) is 12.2. The van der Waals surface area contributed by atoms with Gasteiger partial charge in [0.15, 0.2) is 0 Å². The van der Waals surface area contributed by atoms with Crippen LogP contribution in [0.25, 0.3) is 0 Å². The molecule has 0 bridgehead atoms. The summed E-state index contributed by atoms with van der Waals surface area (Å²) in [7, 11) is 0. The average molecular weight is 233 g/mol. The van der Waals surface area contributed by atoms with Crippen LogP contribution in [0.3, 0.4) is 0 Å². The van der Waals surface area contributed by atoms with Gasteiger partial charge in [0.25, 0.3) is 0 Å². The lowest BCUT2D eigenvalue weighted by molar-refractivity contribution is -0.113. The average Bonchev–Trinajstić information content (AvgIpc) is 2.30. The molecule has 1 aliphatic rings. The van der Waals surface area contributed by atoms with Crippen molar-refractivity contribution in [3.63, 3.8) is 0 Å². The molecule has 1 atom stereocenters. The summed E-state index contributed by atoms with van der Waals surface area (Å²) in [6, 6.07) is 1.72. The third-order valence-corrected chi connectivity index (χ3v) is 3.20. The molecule has 1 aromatic heterocycles. The van der Waals surface area contributed by atoms with Gasteiger partial charge in [-0.15, -0.1) is 0 Å². The highest BCUT2D eigenvalue weighted by Crippen LogP contribution is 2.21. The fraction of sp³-hybridized carbons (Fsp3) is 0.615. The molecular weight excluding hydrogens is 214 g/mol. The minimum absolute atomic E-state index is 0.198. The van der Waals surface area contributed by atoms with E-state index in [4.69, 9.17) is 0 Å². The van der Waals surface area contributed by atoms with E-state index in [1.807, 2.05) is 19.9 Å². The van der Waals surface area contributed by atoms with Gasteiger partial charge in [-0.1, -0.05) is 6.42 Å². The molecule has 4 nitrogen and oxygen atoms in total. The van der Waals surface area contributed by atoms with Crippen LogP contribution in [0, 0.1) is 13.8 Å². The molecule has 1 unspecified atom stereocenters. The Kier molecular flexibility index (Phi) is 3.84. The van der Waals surface area contributed by atoms with E-state index in [2.05, 4.69) is 14.9 Å². The Labute approximate surface area is 102 Å². The second-order valence-corrected chi connectivity index (χ2v) is 4.66. The SMILES string of the molecule is Cc1cc(C(C=O)N2CCCCC2)nc(C)n1. The molecule has 0 N–H and O–H groups in total. The molecule has 4 heteroatoms. The lowest BCUT2D eigenvalue weighted by atomic mass is 10.1. The number of aryl methyl sites for hydroxylation is 2. The van der Waals surface area contributed by atoms with E-state index in [1.165, 1.54) is 19.3 Å². The molecule has 0 saturated carbocycles. The Balaban J connectivity index is 2.24. The zero-order valence-electron chi connectivity index (χ0n) is 10.5. The van der Waals surface area contributed by atoms with Gasteiger partial charge in [0, 0.05) is 5.69 Å². The number of aldehydes is 1. The van der Waals surface area contributed by atoms with Gasteiger partial charge in [0.1, 0.15) is 18.2 Å². The lowest BCUT2D eigenvalue weighted by Crippen LogP contribution is -2.35. The van der Waals surface area contributed by atoms with Gasteiger partial charge in [-0.05, 0) is 45.8 Å². The van der Waals surface area contributed by atoms with E-state index in [-0.39, 0.29) is 6.04 Å². The molecule has 1 aliphatic heterocycles. The molecule has 92 valence electrons. The molecule has 2 rings (SSSR count). The summed E-state index contributed by atoms with van der Waals surface area (Å²) in [6.07, 6.45) is 4.62. The van der Waals surface area contributed by atoms with Crippen LogP contribution in [0.1, 0.15) is 42.5 Å². The highest BCUT2D eigenvalue weighted by Gasteiger charge is 2.23. The van der Waals surface area contributed by atoms with E-state index in [9.17, 15) is 4.79 Å². The van der Waals surface area contributed by atoms with Crippen molar-refractivity contribution in [3.8, 4) is 0 Å². The number of rotatable bonds is 3. The van der Waals surface area contributed by atoms with Crippen molar-refractivity contribution >= 4 is 6.29 Å². The highest BCUT2D eigenvalue weighted by molar-refractivity contribution is 5.60. The van der Waals surface area contributed by atoms with Gasteiger partial charge in [-0.25, -0.2) is 9.97 Å². The van der Waals surface area contributed by atoms with E-state index in [0.29, 0.717) is 0 Å². The van der Waals surface area contributed by atoms with Crippen LogP contribution < -0.4 is 0 Å². The molecule has 0 radical (unpaired) electrons. The third kappa shape index (κ3) is 2.88. The molecule has 1 saturated heterocycles. The van der Waals surface area contributed by atoms with Crippen LogP contribution in [0.2, 0.25) is 0 Å². The van der Waals surface area contributed by atoms with Crippen molar-refractivity contribution < 1.29 is 4.79 Å². The van der Waals surface area contributed by atoms with E-state index in [1.54, 1.807) is 0 Å². The third-order valence-electron chi connectivity index (χ3n) is 3.20. The fourth-order valence-electron chi connectivity index (χ4n) is 2.44. The number of piperidine rings is 1. The van der Waals surface area contributed by atoms with Gasteiger partial charge >= 0.3 is 0 Å². The first-order valence-corrected chi connectivity index (χ1v) is 6.22. The van der Waals surface area contributed by atoms with Crippen LogP contribution in [-0.4, -0.2) is 34.2 Å². The van der Waals surface area contributed by atoms with Gasteiger partial charge in [-0.3, -0.25) is 4.90 Å². The number of hydrogen-bond acceptors (Lipinski definition) is 4. The smallest absolute Gasteiger partial charge is 0.143 e. The quantitative estimate of drug-likeness (QED) is 0.747. The van der Waals surface area contributed by atoms with Crippen molar-refractivity contribution in [2.75, 3.05) is 13.1 Å². The number of carbonyl (C=O) groups is 1. The Morgan fingerprint density at radius 3 is 2.53 bits per heavy atom. The van der Waals surface area contributed by atoms with Gasteiger partial charge in [-0.2, -0.15) is 0 Å². The number of likely N-dealkylation sites (tertiary alicyclic amines) is 1. The Bertz CT molecular complexity index is 379. The molecule has 1 aromatic rings. The van der Waals surface area contributed by atoms with Crippen LogP contribution in [-0.2, 0) is 4.79 Å². The maximum absolute atomic E-state index is 11.3. The number of hydrogen-bond donors (Lipinski definition) is 0. The minimum atomic E-state index is -0.198. The summed E-state index contributed by atoms with van der Waals surface area (Å²) in [4.78, 5) is 22.2. The summed E-state index contributed by atoms with van der Waals surface area (Å²) >= 11 is 0. The maximum atomic E-state index is 11.3. The number of carbonyl (C=O) groups excluding carboxylic acids is 1. The monoisotopic (exact) mass is 233 g/mol. The molecule has 17 heavy (non-hydrogen) atoms. The van der Waals surface area contributed by atoms with E-state index < -0.39 is 0 Å². The van der Waals surface area contributed by atoms with Gasteiger partial charge in [0.05, 0.1) is 5.69 Å². The standard InChI is InChI=1S/C13H19N3O/c1-10-8-12(15-11(2)14-10)13(9-17)16-6-4-3-5-7-16/h8-9,13H,3-7H2,1-2H3. The molecule has 0 aromatic carbocycles. The Morgan fingerprint density at radius 1 is 1.24 bits per heavy atom. The summed E-state index contributed by atoms with van der Waals surface area (Å²) < 4.78 is 0. The number of nitrogens with zero attached hydrogens (tertiary/aromatic N) is 3. The molecule has 0 spiro atoms. The molecule has 0 amide bonds. The van der Waals surface area contributed by atoms with Gasteiger partial charge in [0.2, 0.25) is 0 Å². The Hall–Kier alpha value is -1.29. The van der Waals surface area contributed by atoms with Crippen molar-refractivity contribution in [2.24, 2.45) is 0 Å². The summed E-state index contributed by atoms with van der Waals surface area (Å²) in [5.74, 6) is 0.740. The molecule has 1 fully saturated rings.